The van der Waals surface area contributed by atoms with Gasteiger partial charge < -0.3 is 9.72 Å². The first-order chi connectivity index (χ1) is 13.0. The van der Waals surface area contributed by atoms with Gasteiger partial charge in [-0.1, -0.05) is 32.9 Å². The lowest BCUT2D eigenvalue weighted by molar-refractivity contribution is -0.137. The zero-order valence-corrected chi connectivity index (χ0v) is 16.0. The Morgan fingerprint density at radius 1 is 1.00 bits per heavy atom. The summed E-state index contributed by atoms with van der Waals surface area (Å²) >= 11 is 0. The lowest BCUT2D eigenvalue weighted by Gasteiger charge is -2.19. The lowest BCUT2D eigenvalue weighted by Crippen LogP contribution is -2.25. The number of nitrogens with one attached hydrogen (secondary N) is 1. The molecule has 3 rings (SSSR count). The molecule has 0 bridgehead atoms. The van der Waals surface area contributed by atoms with E-state index in [1.165, 1.54) is 10.5 Å². The highest BCUT2D eigenvalue weighted by Crippen LogP contribution is 2.29. The molecular weight excluding hydrogens is 367 g/mol. The molecule has 0 saturated carbocycles. The molecule has 0 unspecified atom stereocenters. The van der Waals surface area contributed by atoms with Crippen molar-refractivity contribution in [1.29, 1.82) is 0 Å². The average molecular weight is 389 g/mol. The molecule has 0 radical (unpaired) electrons. The smallest absolute Gasteiger partial charge is 0.352 e. The summed E-state index contributed by atoms with van der Waals surface area (Å²) < 4.78 is 39.7. The van der Waals surface area contributed by atoms with Crippen molar-refractivity contribution >= 4 is 11.6 Å². The molecule has 0 aliphatic rings. The predicted molar refractivity (Wildman–Crippen MR) is 101 cm³/mol. The van der Waals surface area contributed by atoms with Crippen LogP contribution in [-0.4, -0.2) is 21.8 Å². The Bertz CT molecular complexity index is 983. The van der Waals surface area contributed by atoms with E-state index >= 15 is 0 Å². The minimum atomic E-state index is -4.39. The molecule has 0 atom stereocenters. The third-order valence-corrected chi connectivity index (χ3v) is 4.51. The molecule has 2 aromatic heterocycles. The molecule has 28 heavy (non-hydrogen) atoms. The van der Waals surface area contributed by atoms with Gasteiger partial charge >= 0.3 is 6.18 Å². The summed E-state index contributed by atoms with van der Waals surface area (Å²) in [5.41, 5.74) is 2.06. The number of hydrogen-bond donors (Lipinski definition) is 1. The number of hydrogen-bond acceptors (Lipinski definition) is 2. The summed E-state index contributed by atoms with van der Waals surface area (Å²) in [6.07, 6.45) is -1.40. The highest BCUT2D eigenvalue weighted by Gasteiger charge is 2.30. The fourth-order valence-corrected chi connectivity index (χ4v) is 2.86. The molecule has 0 saturated heterocycles. The number of amides is 1. The van der Waals surface area contributed by atoms with Crippen molar-refractivity contribution in [2.75, 3.05) is 6.54 Å². The van der Waals surface area contributed by atoms with Crippen LogP contribution in [0.15, 0.2) is 48.8 Å². The van der Waals surface area contributed by atoms with Gasteiger partial charge in [0.2, 0.25) is 0 Å². The van der Waals surface area contributed by atoms with Gasteiger partial charge in [0.25, 0.3) is 5.91 Å². The third-order valence-electron chi connectivity index (χ3n) is 4.51. The van der Waals surface area contributed by atoms with Gasteiger partial charge in [0.15, 0.2) is 0 Å². The number of imidazole rings is 1. The zero-order chi connectivity index (χ0) is 20.5. The van der Waals surface area contributed by atoms with Gasteiger partial charge in [0.1, 0.15) is 5.65 Å². The van der Waals surface area contributed by atoms with Crippen molar-refractivity contribution in [3.05, 3.63) is 71.2 Å². The van der Waals surface area contributed by atoms with Gasteiger partial charge in [-0.05, 0) is 35.2 Å². The van der Waals surface area contributed by atoms with Gasteiger partial charge in [-0.3, -0.25) is 4.79 Å². The van der Waals surface area contributed by atoms with Gasteiger partial charge in [0, 0.05) is 30.9 Å². The molecule has 2 heterocycles. The number of fused-ring (bicyclic) bond motifs is 1. The summed E-state index contributed by atoms with van der Waals surface area (Å²) in [4.78, 5) is 16.5. The summed E-state index contributed by atoms with van der Waals surface area (Å²) in [6, 6.07) is 9.81. The van der Waals surface area contributed by atoms with Crippen LogP contribution >= 0.6 is 0 Å². The van der Waals surface area contributed by atoms with Crippen LogP contribution in [0.2, 0.25) is 0 Å². The fraction of sp³-hybridized carbons (Fsp3) is 0.333. The highest BCUT2D eigenvalue weighted by molar-refractivity contribution is 5.94. The first-order valence-corrected chi connectivity index (χ1v) is 8.97. The van der Waals surface area contributed by atoms with Gasteiger partial charge in [-0.15, -0.1) is 0 Å². The van der Waals surface area contributed by atoms with Crippen molar-refractivity contribution in [2.24, 2.45) is 0 Å². The fourth-order valence-electron chi connectivity index (χ4n) is 2.86. The van der Waals surface area contributed by atoms with Crippen molar-refractivity contribution in [3.63, 3.8) is 0 Å². The Morgan fingerprint density at radius 3 is 2.25 bits per heavy atom. The molecule has 0 fully saturated rings. The zero-order valence-electron chi connectivity index (χ0n) is 16.0. The van der Waals surface area contributed by atoms with E-state index in [-0.39, 0.29) is 11.3 Å². The topological polar surface area (TPSA) is 46.4 Å². The second kappa shape index (κ2) is 7.30. The van der Waals surface area contributed by atoms with Crippen LogP contribution in [-0.2, 0) is 18.0 Å². The maximum Gasteiger partial charge on any atom is 0.417 e. The van der Waals surface area contributed by atoms with Gasteiger partial charge in [-0.2, -0.15) is 13.2 Å². The SMILES string of the molecule is CC(C)(C)c1ccc(C(=O)NCCc2cn3cc(C(F)(F)F)ccc3n2)cc1. The average Bonchev–Trinajstić information content (AvgIpc) is 3.02. The molecule has 1 N–H and O–H groups in total. The van der Waals surface area contributed by atoms with E-state index in [1.54, 1.807) is 18.3 Å². The Labute approximate surface area is 161 Å². The molecule has 0 aliphatic heterocycles. The van der Waals surface area contributed by atoms with Crippen LogP contribution < -0.4 is 5.32 Å². The van der Waals surface area contributed by atoms with E-state index in [9.17, 15) is 18.0 Å². The van der Waals surface area contributed by atoms with Crippen molar-refractivity contribution in [3.8, 4) is 0 Å². The number of rotatable bonds is 4. The minimum absolute atomic E-state index is 0.0180. The van der Waals surface area contributed by atoms with Gasteiger partial charge in [-0.25, -0.2) is 4.98 Å². The summed E-state index contributed by atoms with van der Waals surface area (Å²) in [6.45, 7) is 6.66. The first kappa shape index (κ1) is 19.9. The quantitative estimate of drug-likeness (QED) is 0.708. The molecular formula is C21H22F3N3O. The minimum Gasteiger partial charge on any atom is -0.352 e. The summed E-state index contributed by atoms with van der Waals surface area (Å²) in [7, 11) is 0. The molecule has 0 aliphatic carbocycles. The molecule has 0 spiro atoms. The number of benzene rings is 1. The van der Waals surface area contributed by atoms with E-state index in [4.69, 9.17) is 0 Å². The standard InChI is InChI=1S/C21H22F3N3O/c1-20(2,3)15-6-4-14(5-7-15)19(28)25-11-10-17-13-27-12-16(21(22,23)24)8-9-18(27)26-17/h4-9,12-13H,10-11H2,1-3H3,(H,25,28). The van der Waals surface area contributed by atoms with Crippen LogP contribution in [0.5, 0.6) is 0 Å². The number of carbonyl (C=O) groups excluding carboxylic acids is 1. The van der Waals surface area contributed by atoms with Crippen LogP contribution in [0.3, 0.4) is 0 Å². The van der Waals surface area contributed by atoms with Crippen molar-refractivity contribution in [1.82, 2.24) is 14.7 Å². The Morgan fingerprint density at radius 2 is 1.64 bits per heavy atom. The summed E-state index contributed by atoms with van der Waals surface area (Å²) in [5.74, 6) is -0.191. The van der Waals surface area contributed by atoms with E-state index in [0.717, 1.165) is 17.8 Å². The third kappa shape index (κ3) is 4.52. The maximum absolute atomic E-state index is 12.8. The van der Waals surface area contributed by atoms with E-state index in [0.29, 0.717) is 29.9 Å². The molecule has 3 aromatic rings. The van der Waals surface area contributed by atoms with E-state index in [1.807, 2.05) is 12.1 Å². The second-order valence-electron chi connectivity index (χ2n) is 7.75. The molecule has 7 heteroatoms. The Hall–Kier alpha value is -2.83. The number of alkyl halides is 3. The normalized spacial score (nSPS) is 12.4. The van der Waals surface area contributed by atoms with Crippen LogP contribution in [0.25, 0.3) is 5.65 Å². The van der Waals surface area contributed by atoms with Crippen LogP contribution in [0.4, 0.5) is 13.2 Å². The maximum atomic E-state index is 12.8. The van der Waals surface area contributed by atoms with Crippen LogP contribution in [0, 0.1) is 0 Å². The second-order valence-corrected chi connectivity index (χ2v) is 7.75. The lowest BCUT2D eigenvalue weighted by atomic mass is 9.87. The van der Waals surface area contributed by atoms with Crippen molar-refractivity contribution < 1.29 is 18.0 Å². The Kier molecular flexibility index (Phi) is 5.19. The predicted octanol–water partition coefficient (Wildman–Crippen LogP) is 4.62. The first-order valence-electron chi connectivity index (χ1n) is 8.97. The Balaban J connectivity index is 1.60. The molecule has 148 valence electrons. The monoisotopic (exact) mass is 389 g/mol. The van der Waals surface area contributed by atoms with E-state index in [2.05, 4.69) is 31.1 Å². The molecule has 4 nitrogen and oxygen atoms in total. The van der Waals surface area contributed by atoms with Crippen molar-refractivity contribution in [2.45, 2.75) is 38.8 Å². The highest BCUT2D eigenvalue weighted by atomic mass is 19.4. The van der Waals surface area contributed by atoms with Gasteiger partial charge in [0.05, 0.1) is 11.3 Å². The van der Waals surface area contributed by atoms with E-state index < -0.39 is 11.7 Å². The largest absolute Gasteiger partial charge is 0.417 e. The number of carbonyl (C=O) groups is 1. The molecule has 1 amide bonds. The number of pyridine rings is 1. The number of nitrogens with zero attached hydrogens (tertiary/aromatic N) is 2. The molecule has 1 aromatic carbocycles. The summed E-state index contributed by atoms with van der Waals surface area (Å²) in [5, 5.41) is 2.82. The van der Waals surface area contributed by atoms with Crippen LogP contribution in [0.1, 0.15) is 48.0 Å². The number of aromatic nitrogens is 2. The number of halogens is 3.